The van der Waals surface area contributed by atoms with Crippen molar-refractivity contribution in [2.75, 3.05) is 37.4 Å². The Balaban J connectivity index is 2.02. The van der Waals surface area contributed by atoms with E-state index >= 15 is 0 Å². The number of pyridine rings is 1. The number of carbonyl (C=O) groups is 1. The van der Waals surface area contributed by atoms with Crippen LogP contribution < -0.4 is 14.8 Å². The van der Waals surface area contributed by atoms with Crippen LogP contribution in [0, 0.1) is 0 Å². The fourth-order valence-corrected chi connectivity index (χ4v) is 4.10. The van der Waals surface area contributed by atoms with Crippen molar-refractivity contribution in [1.29, 1.82) is 0 Å². The molecule has 27 heavy (non-hydrogen) atoms. The molecule has 8 heteroatoms. The first-order valence-corrected chi connectivity index (χ1v) is 10.3. The van der Waals surface area contributed by atoms with E-state index in [1.54, 1.807) is 30.5 Å². The third-order valence-corrected chi connectivity index (χ3v) is 6.26. The lowest BCUT2D eigenvalue weighted by Crippen LogP contribution is -2.39. The molecule has 2 rings (SSSR count). The van der Waals surface area contributed by atoms with Gasteiger partial charge in [-0.2, -0.15) is 8.87 Å². The predicted octanol–water partition coefficient (Wildman–Crippen LogP) is 1.71. The fourth-order valence-electron chi connectivity index (χ4n) is 2.64. The van der Waals surface area contributed by atoms with Crippen molar-refractivity contribution in [3.63, 3.8) is 0 Å². The lowest BCUT2D eigenvalue weighted by Gasteiger charge is -2.18. The molecule has 0 aliphatic rings. The van der Waals surface area contributed by atoms with Crippen LogP contribution in [0.5, 0.6) is 0 Å². The molecule has 0 bridgehead atoms. The van der Waals surface area contributed by atoms with Crippen LogP contribution in [-0.4, -0.2) is 45.8 Å². The molecule has 0 fully saturated rings. The summed E-state index contributed by atoms with van der Waals surface area (Å²) in [6, 6.07) is 10.1. The highest BCUT2D eigenvalue weighted by Crippen LogP contribution is 2.18. The van der Waals surface area contributed by atoms with Crippen molar-refractivity contribution in [2.24, 2.45) is 0 Å². The highest BCUT2D eigenvalue weighted by molar-refractivity contribution is 7.89. The Bertz CT molecular complexity index is 859. The third-order valence-electron chi connectivity index (χ3n) is 4.20. The van der Waals surface area contributed by atoms with E-state index < -0.39 is 10.0 Å². The highest BCUT2D eigenvalue weighted by atomic mass is 32.2. The number of nitrogens with one attached hydrogen (secondary N) is 1. The number of nitrogens with zero attached hydrogens (tertiary/aromatic N) is 3. The molecule has 0 saturated heterocycles. The molecular weight excluding hydrogens is 364 g/mol. The number of benzene rings is 1. The molecule has 0 atom stereocenters. The van der Waals surface area contributed by atoms with E-state index in [0.29, 0.717) is 18.8 Å². The van der Waals surface area contributed by atoms with E-state index in [-0.39, 0.29) is 17.3 Å². The van der Waals surface area contributed by atoms with E-state index in [4.69, 9.17) is 0 Å². The van der Waals surface area contributed by atoms with Crippen molar-refractivity contribution in [3.8, 4) is 0 Å². The van der Waals surface area contributed by atoms with Crippen LogP contribution in [0.2, 0.25) is 0 Å². The Morgan fingerprint density at radius 2 is 1.56 bits per heavy atom. The molecule has 1 heterocycles. The molecule has 0 radical (unpaired) electrons. The van der Waals surface area contributed by atoms with E-state index in [1.165, 1.54) is 16.4 Å². The van der Waals surface area contributed by atoms with E-state index in [0.717, 1.165) is 5.69 Å². The largest absolute Gasteiger partial charge is 0.377 e. The summed E-state index contributed by atoms with van der Waals surface area (Å²) < 4.78 is 28.1. The maximum absolute atomic E-state index is 12.5. The predicted molar refractivity (Wildman–Crippen MR) is 106 cm³/mol. The van der Waals surface area contributed by atoms with E-state index in [2.05, 4.69) is 5.32 Å². The quantitative estimate of drug-likeness (QED) is 0.696. The fraction of sp³-hybridized carbons (Fsp3) is 0.368. The molecule has 1 N–H and O–H groups in total. The molecule has 1 amide bonds. The normalized spacial score (nSPS) is 11.4. The zero-order valence-electron chi connectivity index (χ0n) is 16.2. The van der Waals surface area contributed by atoms with Crippen LogP contribution in [0.4, 0.5) is 11.4 Å². The van der Waals surface area contributed by atoms with Gasteiger partial charge in [-0.15, -0.1) is 0 Å². The van der Waals surface area contributed by atoms with Gasteiger partial charge < -0.3 is 10.2 Å². The van der Waals surface area contributed by atoms with Crippen LogP contribution in [0.25, 0.3) is 0 Å². The molecule has 0 aliphatic carbocycles. The minimum absolute atomic E-state index is 0.174. The second kappa shape index (κ2) is 8.96. The molecule has 0 aliphatic heterocycles. The number of aromatic nitrogens is 1. The zero-order valence-corrected chi connectivity index (χ0v) is 17.0. The van der Waals surface area contributed by atoms with Crippen LogP contribution in [0.1, 0.15) is 13.8 Å². The summed E-state index contributed by atoms with van der Waals surface area (Å²) in [7, 11) is 0.416. The van der Waals surface area contributed by atoms with Gasteiger partial charge in [0.25, 0.3) is 5.91 Å². The average Bonchev–Trinajstić information content (AvgIpc) is 2.63. The van der Waals surface area contributed by atoms with Gasteiger partial charge in [0, 0.05) is 50.7 Å². The minimum Gasteiger partial charge on any atom is -0.377 e. The molecule has 2 aromatic rings. The molecule has 0 saturated carbocycles. The van der Waals surface area contributed by atoms with Crippen molar-refractivity contribution < 1.29 is 17.8 Å². The van der Waals surface area contributed by atoms with Crippen molar-refractivity contribution in [3.05, 3.63) is 48.8 Å². The summed E-state index contributed by atoms with van der Waals surface area (Å²) in [6.45, 7) is 4.62. The van der Waals surface area contributed by atoms with Crippen LogP contribution in [0.15, 0.2) is 53.7 Å². The van der Waals surface area contributed by atoms with Crippen LogP contribution in [-0.2, 0) is 21.4 Å². The smallest absolute Gasteiger partial charge is 0.290 e. The summed E-state index contributed by atoms with van der Waals surface area (Å²) in [5.41, 5.74) is 1.61. The Hall–Kier alpha value is -2.45. The van der Waals surface area contributed by atoms with E-state index in [9.17, 15) is 13.2 Å². The number of amides is 1. The highest BCUT2D eigenvalue weighted by Gasteiger charge is 2.21. The molecule has 1 aromatic heterocycles. The second-order valence-corrected chi connectivity index (χ2v) is 8.22. The van der Waals surface area contributed by atoms with Crippen LogP contribution >= 0.6 is 0 Å². The molecule has 7 nitrogen and oxygen atoms in total. The van der Waals surface area contributed by atoms with Gasteiger partial charge in [0.1, 0.15) is 0 Å². The van der Waals surface area contributed by atoms with Crippen molar-refractivity contribution in [1.82, 2.24) is 4.31 Å². The first-order chi connectivity index (χ1) is 12.8. The monoisotopic (exact) mass is 391 g/mol. The second-order valence-electron chi connectivity index (χ2n) is 6.28. The summed E-state index contributed by atoms with van der Waals surface area (Å²) in [5, 5.41) is 2.79. The Kier molecular flexibility index (Phi) is 6.92. The number of hydrogen-bond acceptors (Lipinski definition) is 4. The Morgan fingerprint density at radius 1 is 1.00 bits per heavy atom. The molecule has 0 unspecified atom stereocenters. The number of rotatable bonds is 8. The molecular formula is C19H27N4O3S+. The van der Waals surface area contributed by atoms with E-state index in [1.807, 2.05) is 43.5 Å². The number of carbonyl (C=O) groups excluding carboxylic acids is 1. The number of hydrogen-bond donors (Lipinski definition) is 1. The first-order valence-electron chi connectivity index (χ1n) is 8.84. The topological polar surface area (TPSA) is 73.6 Å². The maximum atomic E-state index is 12.5. The molecule has 0 spiro atoms. The van der Waals surface area contributed by atoms with Gasteiger partial charge in [-0.25, -0.2) is 8.42 Å². The minimum atomic E-state index is -3.49. The van der Waals surface area contributed by atoms with Gasteiger partial charge >= 0.3 is 0 Å². The summed E-state index contributed by atoms with van der Waals surface area (Å²) in [6.07, 6.45) is 3.68. The third kappa shape index (κ3) is 5.27. The van der Waals surface area contributed by atoms with Crippen LogP contribution in [0.3, 0.4) is 0 Å². The number of anilines is 2. The summed E-state index contributed by atoms with van der Waals surface area (Å²) in [4.78, 5) is 14.4. The SMILES string of the molecule is CCN(CC)S(=O)(=O)c1ccc(NC(=O)C[n+]2ccc(N(C)C)cc2)cc1. The first kappa shape index (κ1) is 20.9. The standard InChI is InChI=1S/C19H26N4O3S/c1-5-23(6-2)27(25,26)18-9-7-16(8-10-18)20-19(24)15-22-13-11-17(12-14-22)21(3)4/h7-14H,5-6,15H2,1-4H3/p+1. The number of sulfonamides is 1. The Morgan fingerprint density at radius 3 is 2.04 bits per heavy atom. The zero-order chi connectivity index (χ0) is 20.0. The van der Waals surface area contributed by atoms with Gasteiger partial charge in [0.15, 0.2) is 12.4 Å². The van der Waals surface area contributed by atoms with Gasteiger partial charge in [0.2, 0.25) is 16.6 Å². The lowest BCUT2D eigenvalue weighted by molar-refractivity contribution is -0.684. The maximum Gasteiger partial charge on any atom is 0.290 e. The van der Waals surface area contributed by atoms with Gasteiger partial charge in [-0.05, 0) is 24.3 Å². The lowest BCUT2D eigenvalue weighted by atomic mass is 10.3. The molecule has 146 valence electrons. The van der Waals surface area contributed by atoms with Crippen molar-refractivity contribution in [2.45, 2.75) is 25.3 Å². The average molecular weight is 392 g/mol. The van der Waals surface area contributed by atoms with Gasteiger partial charge in [0.05, 0.1) is 4.90 Å². The van der Waals surface area contributed by atoms with Crippen molar-refractivity contribution >= 4 is 27.3 Å². The van der Waals surface area contributed by atoms with Gasteiger partial charge in [-0.3, -0.25) is 4.79 Å². The van der Waals surface area contributed by atoms with Gasteiger partial charge in [-0.1, -0.05) is 13.8 Å². The summed E-state index contributed by atoms with van der Waals surface area (Å²) in [5.74, 6) is -0.183. The summed E-state index contributed by atoms with van der Waals surface area (Å²) >= 11 is 0. The Labute approximate surface area is 161 Å². The molecule has 1 aromatic carbocycles.